The molecule has 122 valence electrons. The standard InChI is InChI=1S/C17H25NO4/c19-14(10-18-8-4-1-5-9-18)11-20-12-15-13-21-16-6-2-3-7-17(16)22-15/h2-3,6-7,14-15,19H,1,4-5,8-13H2/p+1/t14-,15-/m0/s1. The molecule has 0 aromatic heterocycles. The predicted molar refractivity (Wildman–Crippen MR) is 82.6 cm³/mol. The van der Waals surface area contributed by atoms with Crippen molar-refractivity contribution < 1.29 is 24.2 Å². The number of aliphatic hydroxyl groups is 1. The third-order valence-corrected chi connectivity index (χ3v) is 4.27. The summed E-state index contributed by atoms with van der Waals surface area (Å²) in [5, 5.41) is 10.1. The summed E-state index contributed by atoms with van der Waals surface area (Å²) in [6.45, 7) is 4.43. The molecule has 0 bridgehead atoms. The minimum atomic E-state index is -0.398. The van der Waals surface area contributed by atoms with E-state index in [-0.39, 0.29) is 6.10 Å². The quantitative estimate of drug-likeness (QED) is 0.792. The number of nitrogens with one attached hydrogen (secondary N) is 1. The normalized spacial score (nSPS) is 23.2. The van der Waals surface area contributed by atoms with Crippen LogP contribution in [0.2, 0.25) is 0 Å². The molecule has 2 heterocycles. The van der Waals surface area contributed by atoms with Crippen LogP contribution in [0, 0.1) is 0 Å². The van der Waals surface area contributed by atoms with Crippen molar-refractivity contribution in [2.24, 2.45) is 0 Å². The first kappa shape index (κ1) is 15.6. The van der Waals surface area contributed by atoms with Crippen LogP contribution in [0.5, 0.6) is 11.5 Å². The molecule has 1 fully saturated rings. The van der Waals surface area contributed by atoms with Crippen LogP contribution in [-0.2, 0) is 4.74 Å². The molecule has 2 N–H and O–H groups in total. The first-order chi connectivity index (χ1) is 10.8. The second-order valence-corrected chi connectivity index (χ2v) is 6.20. The zero-order valence-corrected chi connectivity index (χ0v) is 13.0. The molecule has 3 rings (SSSR count). The summed E-state index contributed by atoms with van der Waals surface area (Å²) in [5.41, 5.74) is 0. The first-order valence-electron chi connectivity index (χ1n) is 8.29. The smallest absolute Gasteiger partial charge is 0.161 e. The van der Waals surface area contributed by atoms with Crippen molar-refractivity contribution in [3.63, 3.8) is 0 Å². The minimum Gasteiger partial charge on any atom is -0.486 e. The predicted octanol–water partition coefficient (Wildman–Crippen LogP) is 0.273. The zero-order chi connectivity index (χ0) is 15.2. The molecule has 1 saturated heterocycles. The SMILES string of the molecule is O[C@H](COC[C@H]1COc2ccccc2O1)C[NH+]1CCCCC1. The molecule has 0 spiro atoms. The van der Waals surface area contributed by atoms with E-state index in [1.807, 2.05) is 24.3 Å². The summed E-state index contributed by atoms with van der Waals surface area (Å²) in [6, 6.07) is 7.66. The van der Waals surface area contributed by atoms with Crippen molar-refractivity contribution in [3.05, 3.63) is 24.3 Å². The van der Waals surface area contributed by atoms with Gasteiger partial charge in [-0.3, -0.25) is 0 Å². The lowest BCUT2D eigenvalue weighted by atomic mass is 10.1. The summed E-state index contributed by atoms with van der Waals surface area (Å²) < 4.78 is 17.1. The van der Waals surface area contributed by atoms with E-state index in [1.54, 1.807) is 0 Å². The molecule has 0 amide bonds. The molecule has 0 saturated carbocycles. The number of rotatable bonds is 6. The molecule has 5 nitrogen and oxygen atoms in total. The highest BCUT2D eigenvalue weighted by Gasteiger charge is 2.22. The summed E-state index contributed by atoms with van der Waals surface area (Å²) >= 11 is 0. The summed E-state index contributed by atoms with van der Waals surface area (Å²) in [6.07, 6.45) is 3.37. The van der Waals surface area contributed by atoms with Crippen LogP contribution in [0.25, 0.3) is 0 Å². The number of ether oxygens (including phenoxy) is 3. The lowest BCUT2D eigenvalue weighted by Gasteiger charge is -2.27. The first-order valence-corrected chi connectivity index (χ1v) is 8.29. The number of para-hydroxylation sites is 2. The molecule has 1 aromatic rings. The fourth-order valence-electron chi connectivity index (χ4n) is 3.13. The number of benzene rings is 1. The highest BCUT2D eigenvalue weighted by molar-refractivity contribution is 5.40. The van der Waals surface area contributed by atoms with Crippen LogP contribution in [0.3, 0.4) is 0 Å². The average molecular weight is 308 g/mol. The number of fused-ring (bicyclic) bond motifs is 1. The van der Waals surface area contributed by atoms with Crippen LogP contribution in [0.15, 0.2) is 24.3 Å². The Hall–Kier alpha value is -1.30. The second-order valence-electron chi connectivity index (χ2n) is 6.20. The Morgan fingerprint density at radius 3 is 2.77 bits per heavy atom. The van der Waals surface area contributed by atoms with Gasteiger partial charge in [0.05, 0.1) is 26.3 Å². The van der Waals surface area contributed by atoms with E-state index in [0.717, 1.165) is 18.0 Å². The number of aliphatic hydroxyl groups excluding tert-OH is 1. The summed E-state index contributed by atoms with van der Waals surface area (Å²) in [7, 11) is 0. The van der Waals surface area contributed by atoms with Crippen LogP contribution in [0.1, 0.15) is 19.3 Å². The van der Waals surface area contributed by atoms with E-state index < -0.39 is 6.10 Å². The van der Waals surface area contributed by atoms with E-state index in [4.69, 9.17) is 14.2 Å². The molecule has 1 aromatic carbocycles. The van der Waals surface area contributed by atoms with Crippen molar-refractivity contribution in [1.82, 2.24) is 0 Å². The van der Waals surface area contributed by atoms with E-state index in [2.05, 4.69) is 0 Å². The molecule has 22 heavy (non-hydrogen) atoms. The van der Waals surface area contributed by atoms with Gasteiger partial charge < -0.3 is 24.2 Å². The van der Waals surface area contributed by atoms with E-state index in [9.17, 15) is 5.11 Å². The maximum Gasteiger partial charge on any atom is 0.161 e. The lowest BCUT2D eigenvalue weighted by molar-refractivity contribution is -0.908. The van der Waals surface area contributed by atoms with Crippen molar-refractivity contribution in [2.45, 2.75) is 31.5 Å². The summed E-state index contributed by atoms with van der Waals surface area (Å²) in [4.78, 5) is 1.49. The van der Waals surface area contributed by atoms with Gasteiger partial charge in [-0.25, -0.2) is 0 Å². The van der Waals surface area contributed by atoms with Gasteiger partial charge in [0.25, 0.3) is 0 Å². The number of likely N-dealkylation sites (tertiary alicyclic amines) is 1. The van der Waals surface area contributed by atoms with Gasteiger partial charge in [-0.2, -0.15) is 0 Å². The molecular weight excluding hydrogens is 282 g/mol. The average Bonchev–Trinajstić information content (AvgIpc) is 2.55. The maximum absolute atomic E-state index is 10.1. The zero-order valence-electron chi connectivity index (χ0n) is 13.0. The molecule has 0 radical (unpaired) electrons. The van der Waals surface area contributed by atoms with E-state index >= 15 is 0 Å². The van der Waals surface area contributed by atoms with Gasteiger partial charge in [-0.1, -0.05) is 12.1 Å². The van der Waals surface area contributed by atoms with Crippen molar-refractivity contribution >= 4 is 0 Å². The highest BCUT2D eigenvalue weighted by atomic mass is 16.6. The van der Waals surface area contributed by atoms with E-state index in [0.29, 0.717) is 19.8 Å². The minimum absolute atomic E-state index is 0.107. The van der Waals surface area contributed by atoms with Crippen molar-refractivity contribution in [2.75, 3.05) is 39.5 Å². The Balaban J connectivity index is 1.35. The molecule has 2 aliphatic rings. The largest absolute Gasteiger partial charge is 0.486 e. The Kier molecular flexibility index (Phi) is 5.53. The van der Waals surface area contributed by atoms with Crippen molar-refractivity contribution in [1.29, 1.82) is 0 Å². The second kappa shape index (κ2) is 7.81. The third kappa shape index (κ3) is 4.35. The topological polar surface area (TPSA) is 52.4 Å². The van der Waals surface area contributed by atoms with Crippen LogP contribution in [-0.4, -0.2) is 56.8 Å². The molecule has 0 aliphatic carbocycles. The number of piperidine rings is 1. The van der Waals surface area contributed by atoms with Gasteiger partial charge >= 0.3 is 0 Å². The molecule has 2 aliphatic heterocycles. The fourth-order valence-corrected chi connectivity index (χ4v) is 3.13. The Morgan fingerprint density at radius 1 is 1.18 bits per heavy atom. The monoisotopic (exact) mass is 308 g/mol. The van der Waals surface area contributed by atoms with Crippen LogP contribution < -0.4 is 14.4 Å². The van der Waals surface area contributed by atoms with Crippen LogP contribution >= 0.6 is 0 Å². The molecule has 5 heteroatoms. The maximum atomic E-state index is 10.1. The number of hydrogen-bond donors (Lipinski definition) is 2. The fraction of sp³-hybridized carbons (Fsp3) is 0.647. The van der Waals surface area contributed by atoms with Gasteiger partial charge in [0, 0.05) is 0 Å². The summed E-state index contributed by atoms with van der Waals surface area (Å²) in [5.74, 6) is 1.55. The van der Waals surface area contributed by atoms with Crippen LogP contribution in [0.4, 0.5) is 0 Å². The van der Waals surface area contributed by atoms with Gasteiger partial charge in [0.15, 0.2) is 17.6 Å². The van der Waals surface area contributed by atoms with Crippen molar-refractivity contribution in [3.8, 4) is 11.5 Å². The molecular formula is C17H26NO4+. The Bertz CT molecular complexity index is 462. The molecule has 0 unspecified atom stereocenters. The number of quaternary nitrogens is 1. The Labute approximate surface area is 131 Å². The highest BCUT2D eigenvalue weighted by Crippen LogP contribution is 2.30. The van der Waals surface area contributed by atoms with Gasteiger partial charge in [0.1, 0.15) is 19.3 Å². The van der Waals surface area contributed by atoms with Gasteiger partial charge in [0.2, 0.25) is 0 Å². The Morgan fingerprint density at radius 2 is 1.95 bits per heavy atom. The van der Waals surface area contributed by atoms with Gasteiger partial charge in [-0.15, -0.1) is 0 Å². The number of hydrogen-bond acceptors (Lipinski definition) is 4. The molecule has 2 atom stereocenters. The van der Waals surface area contributed by atoms with Gasteiger partial charge in [-0.05, 0) is 31.4 Å². The lowest BCUT2D eigenvalue weighted by Crippen LogP contribution is -3.14. The van der Waals surface area contributed by atoms with E-state index in [1.165, 1.54) is 37.3 Å². The third-order valence-electron chi connectivity index (χ3n) is 4.27.